The predicted molar refractivity (Wildman–Crippen MR) is 50.3 cm³/mol. The Bertz CT molecular complexity index is 401. The predicted octanol–water partition coefficient (Wildman–Crippen LogP) is 0.998. The number of hydrogen-bond acceptors (Lipinski definition) is 4. The standard InChI is InChI=1S/C8H9N3O3/c1-5-4-6(11(13)14)2-3-7(5)8(9)10-12/h2-4,12H,1H3,(H2,9,10). The van der Waals surface area contributed by atoms with E-state index in [1.54, 1.807) is 6.92 Å². The zero-order valence-corrected chi connectivity index (χ0v) is 7.47. The molecule has 0 spiro atoms. The molecule has 14 heavy (non-hydrogen) atoms. The minimum Gasteiger partial charge on any atom is -0.409 e. The summed E-state index contributed by atoms with van der Waals surface area (Å²) < 4.78 is 0. The zero-order valence-electron chi connectivity index (χ0n) is 7.47. The second-order valence-electron chi connectivity index (χ2n) is 2.74. The van der Waals surface area contributed by atoms with E-state index >= 15 is 0 Å². The van der Waals surface area contributed by atoms with E-state index in [-0.39, 0.29) is 11.5 Å². The van der Waals surface area contributed by atoms with Gasteiger partial charge in [0.05, 0.1) is 4.92 Å². The van der Waals surface area contributed by atoms with Crippen LogP contribution in [0.1, 0.15) is 11.1 Å². The van der Waals surface area contributed by atoms with E-state index in [1.807, 2.05) is 0 Å². The van der Waals surface area contributed by atoms with Gasteiger partial charge < -0.3 is 10.9 Å². The first-order valence-electron chi connectivity index (χ1n) is 3.79. The number of hydrogen-bond donors (Lipinski definition) is 2. The molecule has 74 valence electrons. The van der Waals surface area contributed by atoms with Crippen molar-refractivity contribution in [1.29, 1.82) is 0 Å². The third-order valence-corrected chi connectivity index (χ3v) is 1.80. The lowest BCUT2D eigenvalue weighted by molar-refractivity contribution is -0.384. The van der Waals surface area contributed by atoms with Crippen LogP contribution >= 0.6 is 0 Å². The highest BCUT2D eigenvalue weighted by atomic mass is 16.6. The fourth-order valence-corrected chi connectivity index (χ4v) is 1.10. The molecule has 0 atom stereocenters. The van der Waals surface area contributed by atoms with Gasteiger partial charge in [0.1, 0.15) is 0 Å². The molecule has 0 radical (unpaired) electrons. The molecule has 0 saturated carbocycles. The number of nitro benzene ring substituents is 1. The quantitative estimate of drug-likeness (QED) is 0.241. The van der Waals surface area contributed by atoms with E-state index in [2.05, 4.69) is 5.16 Å². The number of nitrogens with zero attached hydrogens (tertiary/aromatic N) is 2. The average molecular weight is 195 g/mol. The molecule has 0 fully saturated rings. The Balaban J connectivity index is 3.20. The van der Waals surface area contributed by atoms with Gasteiger partial charge in [-0.1, -0.05) is 5.16 Å². The van der Waals surface area contributed by atoms with Crippen LogP contribution in [0.4, 0.5) is 5.69 Å². The summed E-state index contributed by atoms with van der Waals surface area (Å²) in [7, 11) is 0. The van der Waals surface area contributed by atoms with Crippen LogP contribution in [0.25, 0.3) is 0 Å². The van der Waals surface area contributed by atoms with E-state index in [0.717, 1.165) is 0 Å². The van der Waals surface area contributed by atoms with Crippen molar-refractivity contribution in [2.24, 2.45) is 10.9 Å². The number of benzene rings is 1. The second-order valence-corrected chi connectivity index (χ2v) is 2.74. The Morgan fingerprint density at radius 2 is 2.29 bits per heavy atom. The first-order valence-corrected chi connectivity index (χ1v) is 3.79. The molecule has 0 heterocycles. The molecule has 0 amide bonds. The van der Waals surface area contributed by atoms with Gasteiger partial charge in [0, 0.05) is 17.7 Å². The Labute approximate surface area is 79.8 Å². The number of nitrogens with two attached hydrogens (primary N) is 1. The smallest absolute Gasteiger partial charge is 0.269 e. The average Bonchev–Trinajstić information content (AvgIpc) is 2.16. The molecule has 1 rings (SSSR count). The van der Waals surface area contributed by atoms with Gasteiger partial charge in [-0.2, -0.15) is 0 Å². The van der Waals surface area contributed by atoms with Crippen LogP contribution in [0, 0.1) is 17.0 Å². The minimum absolute atomic E-state index is 0.0167. The number of non-ortho nitro benzene ring substituents is 1. The Morgan fingerprint density at radius 1 is 1.64 bits per heavy atom. The molecule has 0 aliphatic heterocycles. The summed E-state index contributed by atoms with van der Waals surface area (Å²) in [4.78, 5) is 9.90. The molecule has 0 aromatic heterocycles. The maximum atomic E-state index is 10.4. The van der Waals surface area contributed by atoms with Crippen LogP contribution in [-0.4, -0.2) is 16.0 Å². The van der Waals surface area contributed by atoms with E-state index in [4.69, 9.17) is 10.9 Å². The number of oxime groups is 1. The van der Waals surface area contributed by atoms with Crippen molar-refractivity contribution in [2.75, 3.05) is 0 Å². The van der Waals surface area contributed by atoms with Crippen molar-refractivity contribution in [2.45, 2.75) is 6.92 Å². The van der Waals surface area contributed by atoms with E-state index in [1.165, 1.54) is 18.2 Å². The van der Waals surface area contributed by atoms with Gasteiger partial charge in [-0.3, -0.25) is 10.1 Å². The number of amidine groups is 1. The van der Waals surface area contributed by atoms with Crippen LogP contribution in [-0.2, 0) is 0 Å². The molecular formula is C8H9N3O3. The van der Waals surface area contributed by atoms with Crippen molar-refractivity contribution in [1.82, 2.24) is 0 Å². The molecule has 1 aromatic carbocycles. The van der Waals surface area contributed by atoms with E-state index < -0.39 is 4.92 Å². The van der Waals surface area contributed by atoms with Gasteiger partial charge in [0.2, 0.25) is 0 Å². The summed E-state index contributed by atoms with van der Waals surface area (Å²) in [5, 5.41) is 21.6. The maximum Gasteiger partial charge on any atom is 0.269 e. The molecule has 0 aliphatic rings. The van der Waals surface area contributed by atoms with Crippen molar-refractivity contribution < 1.29 is 10.1 Å². The van der Waals surface area contributed by atoms with Gasteiger partial charge in [-0.25, -0.2) is 0 Å². The fourth-order valence-electron chi connectivity index (χ4n) is 1.10. The zero-order chi connectivity index (χ0) is 10.7. The first kappa shape index (κ1) is 9.97. The van der Waals surface area contributed by atoms with Gasteiger partial charge in [0.25, 0.3) is 5.69 Å². The summed E-state index contributed by atoms with van der Waals surface area (Å²) in [5.41, 5.74) is 6.41. The summed E-state index contributed by atoms with van der Waals surface area (Å²) in [6.07, 6.45) is 0. The SMILES string of the molecule is Cc1cc([N+](=O)[O-])ccc1C(N)=NO. The van der Waals surface area contributed by atoms with Crippen LogP contribution in [0.5, 0.6) is 0 Å². The lowest BCUT2D eigenvalue weighted by Crippen LogP contribution is -2.14. The highest BCUT2D eigenvalue weighted by Gasteiger charge is 2.09. The molecule has 1 aromatic rings. The molecular weight excluding hydrogens is 186 g/mol. The lowest BCUT2D eigenvalue weighted by atomic mass is 10.1. The van der Waals surface area contributed by atoms with Crippen LogP contribution in [0.3, 0.4) is 0 Å². The number of rotatable bonds is 2. The van der Waals surface area contributed by atoms with Crippen molar-refractivity contribution in [3.8, 4) is 0 Å². The molecule has 0 aliphatic carbocycles. The van der Waals surface area contributed by atoms with Crippen molar-refractivity contribution >= 4 is 11.5 Å². The van der Waals surface area contributed by atoms with Crippen molar-refractivity contribution in [3.05, 3.63) is 39.4 Å². The normalized spacial score (nSPS) is 11.4. The third kappa shape index (κ3) is 1.79. The monoisotopic (exact) mass is 195 g/mol. The van der Waals surface area contributed by atoms with Gasteiger partial charge >= 0.3 is 0 Å². The Hall–Kier alpha value is -2.11. The van der Waals surface area contributed by atoms with Crippen molar-refractivity contribution in [3.63, 3.8) is 0 Å². The molecule has 0 unspecified atom stereocenters. The number of aryl methyl sites for hydroxylation is 1. The summed E-state index contributed by atoms with van der Waals surface area (Å²) in [5.74, 6) is -0.0580. The molecule has 3 N–H and O–H groups in total. The molecule has 6 nitrogen and oxygen atoms in total. The van der Waals surface area contributed by atoms with Gasteiger partial charge in [-0.15, -0.1) is 0 Å². The molecule has 0 bridgehead atoms. The third-order valence-electron chi connectivity index (χ3n) is 1.80. The Kier molecular flexibility index (Phi) is 2.66. The topological polar surface area (TPSA) is 102 Å². The van der Waals surface area contributed by atoms with Gasteiger partial charge in [-0.05, 0) is 18.6 Å². The van der Waals surface area contributed by atoms with E-state index in [0.29, 0.717) is 11.1 Å². The fraction of sp³-hybridized carbons (Fsp3) is 0.125. The highest BCUT2D eigenvalue weighted by molar-refractivity contribution is 5.98. The van der Waals surface area contributed by atoms with Crippen LogP contribution in [0.2, 0.25) is 0 Å². The largest absolute Gasteiger partial charge is 0.409 e. The lowest BCUT2D eigenvalue weighted by Gasteiger charge is -2.02. The number of nitro groups is 1. The second kappa shape index (κ2) is 3.73. The Morgan fingerprint density at radius 3 is 2.71 bits per heavy atom. The first-order chi connectivity index (χ1) is 6.56. The summed E-state index contributed by atoms with van der Waals surface area (Å²) in [6.45, 7) is 1.65. The van der Waals surface area contributed by atoms with Crippen LogP contribution < -0.4 is 5.73 Å². The van der Waals surface area contributed by atoms with E-state index in [9.17, 15) is 10.1 Å². The van der Waals surface area contributed by atoms with Crippen LogP contribution in [0.15, 0.2) is 23.4 Å². The maximum absolute atomic E-state index is 10.4. The van der Waals surface area contributed by atoms with Gasteiger partial charge in [0.15, 0.2) is 5.84 Å². The summed E-state index contributed by atoms with van der Waals surface area (Å²) >= 11 is 0. The molecule has 6 heteroatoms. The molecule has 0 saturated heterocycles. The summed E-state index contributed by atoms with van der Waals surface area (Å²) in [6, 6.07) is 4.12. The highest BCUT2D eigenvalue weighted by Crippen LogP contribution is 2.16. The minimum atomic E-state index is -0.497.